The average molecular weight is 280 g/mol. The van der Waals surface area contributed by atoms with E-state index in [1.807, 2.05) is 0 Å². The van der Waals surface area contributed by atoms with Crippen molar-refractivity contribution < 1.29 is 4.79 Å². The standard InChI is InChI=1S/C13H24N6O/c1-11(8-18-4-2-3-5-18)7-15-13(20)10-19-9-12(6-14)16-17-19/h9,11H,2-8,10,14H2,1H3,(H,15,20). The van der Waals surface area contributed by atoms with Crippen molar-refractivity contribution in [3.8, 4) is 0 Å². The number of rotatable bonds is 7. The maximum atomic E-state index is 11.8. The fourth-order valence-electron chi connectivity index (χ4n) is 2.47. The van der Waals surface area contributed by atoms with Crippen LogP contribution in [0, 0.1) is 5.92 Å². The lowest BCUT2D eigenvalue weighted by Gasteiger charge is -2.20. The normalized spacial score (nSPS) is 17.3. The molecule has 1 aliphatic heterocycles. The first-order chi connectivity index (χ1) is 9.67. The summed E-state index contributed by atoms with van der Waals surface area (Å²) in [5.41, 5.74) is 6.14. The molecule has 0 spiro atoms. The van der Waals surface area contributed by atoms with Gasteiger partial charge in [-0.05, 0) is 31.8 Å². The SMILES string of the molecule is CC(CNC(=O)Cn1cc(CN)nn1)CN1CCCC1. The summed E-state index contributed by atoms with van der Waals surface area (Å²) in [7, 11) is 0. The number of aromatic nitrogens is 3. The van der Waals surface area contributed by atoms with E-state index in [2.05, 4.69) is 27.5 Å². The van der Waals surface area contributed by atoms with Gasteiger partial charge in [-0.2, -0.15) is 0 Å². The molecule has 0 radical (unpaired) electrons. The van der Waals surface area contributed by atoms with E-state index in [4.69, 9.17) is 5.73 Å². The molecule has 2 rings (SSSR count). The molecule has 7 heteroatoms. The van der Waals surface area contributed by atoms with E-state index in [1.165, 1.54) is 30.6 Å². The van der Waals surface area contributed by atoms with E-state index in [0.29, 0.717) is 24.7 Å². The summed E-state index contributed by atoms with van der Waals surface area (Å²) in [4.78, 5) is 14.3. The van der Waals surface area contributed by atoms with E-state index in [0.717, 1.165) is 6.54 Å². The van der Waals surface area contributed by atoms with Crippen molar-refractivity contribution >= 4 is 5.91 Å². The van der Waals surface area contributed by atoms with Crippen molar-refractivity contribution in [2.75, 3.05) is 26.2 Å². The molecule has 1 saturated heterocycles. The van der Waals surface area contributed by atoms with E-state index < -0.39 is 0 Å². The number of amides is 1. The van der Waals surface area contributed by atoms with E-state index >= 15 is 0 Å². The number of nitrogens with two attached hydrogens (primary N) is 1. The Hall–Kier alpha value is -1.47. The van der Waals surface area contributed by atoms with Crippen LogP contribution >= 0.6 is 0 Å². The highest BCUT2D eigenvalue weighted by atomic mass is 16.2. The van der Waals surface area contributed by atoms with E-state index in [9.17, 15) is 4.79 Å². The average Bonchev–Trinajstić information content (AvgIpc) is 3.08. The minimum Gasteiger partial charge on any atom is -0.354 e. The largest absolute Gasteiger partial charge is 0.354 e. The molecule has 1 aromatic heterocycles. The third-order valence-corrected chi connectivity index (χ3v) is 3.52. The number of hydrogen-bond donors (Lipinski definition) is 2. The van der Waals surface area contributed by atoms with Crippen LogP contribution in [0.15, 0.2) is 6.20 Å². The molecule has 1 unspecified atom stereocenters. The Kier molecular flexibility index (Phi) is 5.49. The van der Waals surface area contributed by atoms with Crippen LogP contribution in [0.3, 0.4) is 0 Å². The second-order valence-corrected chi connectivity index (χ2v) is 5.53. The lowest BCUT2D eigenvalue weighted by atomic mass is 10.1. The van der Waals surface area contributed by atoms with Crippen LogP contribution < -0.4 is 11.1 Å². The van der Waals surface area contributed by atoms with Gasteiger partial charge in [0, 0.05) is 19.6 Å². The Morgan fingerprint density at radius 3 is 2.90 bits per heavy atom. The van der Waals surface area contributed by atoms with Crippen LogP contribution in [0.2, 0.25) is 0 Å². The predicted octanol–water partition coefficient (Wildman–Crippen LogP) is -0.415. The molecule has 0 aromatic carbocycles. The topological polar surface area (TPSA) is 89.1 Å². The molecule has 1 amide bonds. The van der Waals surface area contributed by atoms with Gasteiger partial charge < -0.3 is 16.0 Å². The van der Waals surface area contributed by atoms with Gasteiger partial charge in [0.2, 0.25) is 5.91 Å². The second kappa shape index (κ2) is 7.35. The number of carbonyl (C=O) groups is 1. The van der Waals surface area contributed by atoms with Crippen molar-refractivity contribution in [1.29, 1.82) is 0 Å². The van der Waals surface area contributed by atoms with Crippen molar-refractivity contribution in [2.45, 2.75) is 32.9 Å². The maximum Gasteiger partial charge on any atom is 0.241 e. The first-order valence-electron chi connectivity index (χ1n) is 7.25. The van der Waals surface area contributed by atoms with E-state index in [-0.39, 0.29) is 12.5 Å². The molecule has 1 aliphatic rings. The summed E-state index contributed by atoms with van der Waals surface area (Å²) in [5, 5.41) is 10.7. The molecule has 0 bridgehead atoms. The molecule has 0 saturated carbocycles. The van der Waals surface area contributed by atoms with Crippen LogP contribution in [-0.4, -0.2) is 52.0 Å². The van der Waals surface area contributed by atoms with Gasteiger partial charge in [0.25, 0.3) is 0 Å². The van der Waals surface area contributed by atoms with Crippen LogP contribution in [0.25, 0.3) is 0 Å². The molecule has 0 aliphatic carbocycles. The number of carbonyl (C=O) groups excluding carboxylic acids is 1. The van der Waals surface area contributed by atoms with Gasteiger partial charge in [-0.1, -0.05) is 12.1 Å². The molecule has 112 valence electrons. The van der Waals surface area contributed by atoms with Gasteiger partial charge in [-0.15, -0.1) is 5.10 Å². The highest BCUT2D eigenvalue weighted by Crippen LogP contribution is 2.09. The van der Waals surface area contributed by atoms with Gasteiger partial charge in [-0.3, -0.25) is 4.79 Å². The first kappa shape index (κ1) is 14.9. The summed E-state index contributed by atoms with van der Waals surface area (Å²) in [6.07, 6.45) is 4.30. The number of nitrogens with one attached hydrogen (secondary N) is 1. The lowest BCUT2D eigenvalue weighted by molar-refractivity contribution is -0.122. The fraction of sp³-hybridized carbons (Fsp3) is 0.769. The van der Waals surface area contributed by atoms with Gasteiger partial charge in [0.05, 0.1) is 11.9 Å². The van der Waals surface area contributed by atoms with E-state index in [1.54, 1.807) is 6.20 Å². The van der Waals surface area contributed by atoms with Crippen molar-refractivity contribution in [3.05, 3.63) is 11.9 Å². The van der Waals surface area contributed by atoms with Crippen LogP contribution in [0.4, 0.5) is 0 Å². The third-order valence-electron chi connectivity index (χ3n) is 3.52. The molecular weight excluding hydrogens is 256 g/mol. The minimum absolute atomic E-state index is 0.0354. The maximum absolute atomic E-state index is 11.8. The summed E-state index contributed by atoms with van der Waals surface area (Å²) in [5.74, 6) is 0.430. The fourth-order valence-corrected chi connectivity index (χ4v) is 2.47. The molecule has 1 atom stereocenters. The molecular formula is C13H24N6O. The van der Waals surface area contributed by atoms with Gasteiger partial charge in [0.15, 0.2) is 0 Å². The zero-order chi connectivity index (χ0) is 14.4. The minimum atomic E-state index is -0.0354. The molecule has 3 N–H and O–H groups in total. The highest BCUT2D eigenvalue weighted by Gasteiger charge is 2.15. The molecule has 7 nitrogen and oxygen atoms in total. The summed E-state index contributed by atoms with van der Waals surface area (Å²) >= 11 is 0. The number of nitrogens with zero attached hydrogens (tertiary/aromatic N) is 4. The zero-order valence-corrected chi connectivity index (χ0v) is 12.1. The van der Waals surface area contributed by atoms with Crippen LogP contribution in [-0.2, 0) is 17.9 Å². The second-order valence-electron chi connectivity index (χ2n) is 5.53. The number of hydrogen-bond acceptors (Lipinski definition) is 5. The predicted molar refractivity (Wildman–Crippen MR) is 75.8 cm³/mol. The Morgan fingerprint density at radius 1 is 1.50 bits per heavy atom. The Labute approximate surface area is 119 Å². The van der Waals surface area contributed by atoms with Crippen molar-refractivity contribution in [1.82, 2.24) is 25.2 Å². The van der Waals surface area contributed by atoms with Gasteiger partial charge in [-0.25, -0.2) is 4.68 Å². The van der Waals surface area contributed by atoms with Crippen LogP contribution in [0.1, 0.15) is 25.5 Å². The van der Waals surface area contributed by atoms with Crippen molar-refractivity contribution in [2.24, 2.45) is 11.7 Å². The quantitative estimate of drug-likeness (QED) is 0.708. The molecule has 1 fully saturated rings. The molecule has 20 heavy (non-hydrogen) atoms. The highest BCUT2D eigenvalue weighted by molar-refractivity contribution is 5.75. The Morgan fingerprint density at radius 2 is 2.25 bits per heavy atom. The summed E-state index contributed by atoms with van der Waals surface area (Å²) in [6, 6.07) is 0. The smallest absolute Gasteiger partial charge is 0.241 e. The van der Waals surface area contributed by atoms with Crippen molar-refractivity contribution in [3.63, 3.8) is 0 Å². The molecule has 2 heterocycles. The summed E-state index contributed by atoms with van der Waals surface area (Å²) in [6.45, 7) is 6.85. The van der Waals surface area contributed by atoms with Gasteiger partial charge in [0.1, 0.15) is 6.54 Å². The van der Waals surface area contributed by atoms with Gasteiger partial charge >= 0.3 is 0 Å². The summed E-state index contributed by atoms with van der Waals surface area (Å²) < 4.78 is 1.52. The first-order valence-corrected chi connectivity index (χ1v) is 7.25. The Balaban J connectivity index is 1.66. The monoisotopic (exact) mass is 280 g/mol. The Bertz CT molecular complexity index is 426. The number of likely N-dealkylation sites (tertiary alicyclic amines) is 1. The molecule has 1 aromatic rings. The lowest BCUT2D eigenvalue weighted by Crippen LogP contribution is -2.36. The zero-order valence-electron chi connectivity index (χ0n) is 12.1. The van der Waals surface area contributed by atoms with Crippen LogP contribution in [0.5, 0.6) is 0 Å². The third kappa shape index (κ3) is 4.57.